The zero-order valence-electron chi connectivity index (χ0n) is 11.1. The average molecular weight is 354 g/mol. The van der Waals surface area contributed by atoms with Gasteiger partial charge >= 0.3 is 33.2 Å². The summed E-state index contributed by atoms with van der Waals surface area (Å²) in [5, 5.41) is 0. The van der Waals surface area contributed by atoms with Crippen LogP contribution < -0.4 is 0 Å². The molecule has 19 heavy (non-hydrogen) atoms. The predicted octanol–water partition coefficient (Wildman–Crippen LogP) is 6.18. The van der Waals surface area contributed by atoms with Gasteiger partial charge in [-0.1, -0.05) is 51.4 Å². The van der Waals surface area contributed by atoms with E-state index in [1.807, 2.05) is 0 Å². The van der Waals surface area contributed by atoms with Gasteiger partial charge in [-0.3, -0.25) is 0 Å². The van der Waals surface area contributed by atoms with Gasteiger partial charge in [-0.05, 0) is 0 Å². The molecule has 0 radical (unpaired) electrons. The van der Waals surface area contributed by atoms with Crippen LogP contribution in [0.3, 0.4) is 0 Å². The predicted molar refractivity (Wildman–Crippen MR) is 81.1 cm³/mol. The van der Waals surface area contributed by atoms with Crippen molar-refractivity contribution in [2.75, 3.05) is 0 Å². The van der Waals surface area contributed by atoms with Crippen molar-refractivity contribution in [1.29, 1.82) is 0 Å². The molecule has 4 unspecified atom stereocenters. The topological polar surface area (TPSA) is 95.2 Å². The van der Waals surface area contributed by atoms with Crippen LogP contribution in [0.25, 0.3) is 22.9 Å². The molecule has 2 fully saturated rings. The van der Waals surface area contributed by atoms with Crippen LogP contribution in [-0.2, 0) is 12.9 Å². The van der Waals surface area contributed by atoms with Crippen molar-refractivity contribution in [1.82, 2.24) is 0 Å². The Morgan fingerprint density at radius 1 is 0.579 bits per heavy atom. The molecule has 2 rings (SSSR count). The van der Waals surface area contributed by atoms with E-state index in [4.69, 9.17) is 43.2 Å². The van der Waals surface area contributed by atoms with E-state index < -0.39 is 0 Å². The first kappa shape index (κ1) is 19.9. The third-order valence-corrected chi connectivity index (χ3v) is 3.53. The minimum atomic E-state index is -0.0799. The first-order valence-corrected chi connectivity index (χ1v) is 9.57. The van der Waals surface area contributed by atoms with E-state index in [1.54, 1.807) is 0 Å². The first-order chi connectivity index (χ1) is 9.02. The second-order valence-corrected chi connectivity index (χ2v) is 6.76. The van der Waals surface area contributed by atoms with Crippen molar-refractivity contribution < 1.29 is 12.9 Å². The Morgan fingerprint density at radius 3 is 0.842 bits per heavy atom. The number of hydrogen-bond acceptors (Lipinski definition) is 0. The molecule has 119 valence electrons. The largest absolute Gasteiger partial charge is 0.676 e. The third-order valence-electron chi connectivity index (χ3n) is 3.53. The van der Waals surface area contributed by atoms with Crippen LogP contribution in [0, 0.1) is 0 Å². The average Bonchev–Trinajstić information content (AvgIpc) is 2.38. The van der Waals surface area contributed by atoms with Gasteiger partial charge in [0.25, 0.3) is 0 Å². The zero-order chi connectivity index (χ0) is 14.7. The SMILES string of the molecule is [Cl][Co][Cl].[NH-]C1CCCCC1[NH-].[NH-]C1CCCCC1[NH-]. The Labute approximate surface area is 131 Å². The van der Waals surface area contributed by atoms with Gasteiger partial charge in [0.05, 0.1) is 0 Å². The molecule has 4 nitrogen and oxygen atoms in total. The van der Waals surface area contributed by atoms with Gasteiger partial charge in [0.1, 0.15) is 0 Å². The maximum absolute atomic E-state index is 7.29. The molecule has 4 N–H and O–H groups in total. The van der Waals surface area contributed by atoms with Crippen LogP contribution in [0.5, 0.6) is 0 Å². The summed E-state index contributed by atoms with van der Waals surface area (Å²) >= 11 is 0.382. The molecule has 0 aromatic carbocycles. The van der Waals surface area contributed by atoms with E-state index in [-0.39, 0.29) is 24.2 Å². The van der Waals surface area contributed by atoms with Crippen molar-refractivity contribution in [3.05, 3.63) is 22.9 Å². The Bertz CT molecular complexity index is 172. The molecule has 4 atom stereocenters. The number of nitrogens with one attached hydrogen (secondary N) is 4. The van der Waals surface area contributed by atoms with Gasteiger partial charge in [-0.15, -0.1) is 0 Å². The summed E-state index contributed by atoms with van der Waals surface area (Å²) in [4.78, 5) is 0. The van der Waals surface area contributed by atoms with Gasteiger partial charge in [-0.25, -0.2) is 0 Å². The van der Waals surface area contributed by atoms with E-state index in [0.29, 0.717) is 12.9 Å². The second kappa shape index (κ2) is 12.7. The summed E-state index contributed by atoms with van der Waals surface area (Å²) in [7, 11) is 9.47. The summed E-state index contributed by atoms with van der Waals surface area (Å²) < 4.78 is 0. The number of hydrogen-bond donors (Lipinski definition) is 0. The fourth-order valence-corrected chi connectivity index (χ4v) is 2.26. The maximum Gasteiger partial charge on any atom is -0.0548 e. The minimum Gasteiger partial charge on any atom is -0.676 e. The molecule has 0 heterocycles. The smallest absolute Gasteiger partial charge is 0.0548 e. The standard InChI is InChI=1S/2C6H12N2.2ClH.Co/c2*7-5-3-1-2-4-6(5)8;;;/h2*5-8H,1-4H2;2*1H;/q2*-2;;;+2/p-2. The zero-order valence-corrected chi connectivity index (χ0v) is 13.6. The van der Waals surface area contributed by atoms with Crippen LogP contribution >= 0.6 is 20.3 Å². The van der Waals surface area contributed by atoms with Crippen molar-refractivity contribution in [2.45, 2.75) is 75.5 Å². The second-order valence-electron chi connectivity index (χ2n) is 5.04. The molecule has 2 aliphatic rings. The Kier molecular flexibility index (Phi) is 13.3. The molecule has 0 spiro atoms. The molecular weight excluding hydrogens is 330 g/mol. The van der Waals surface area contributed by atoms with Gasteiger partial charge < -0.3 is 22.9 Å². The molecule has 0 aromatic rings. The molecule has 0 amide bonds. The molecule has 0 saturated heterocycles. The summed E-state index contributed by atoms with van der Waals surface area (Å²) in [6.45, 7) is 0. The Morgan fingerprint density at radius 2 is 0.737 bits per heavy atom. The number of halogens is 2. The third kappa shape index (κ3) is 10.3. The van der Waals surface area contributed by atoms with Crippen LogP contribution in [0.2, 0.25) is 0 Å². The van der Waals surface area contributed by atoms with Crippen LogP contribution in [0.15, 0.2) is 0 Å². The van der Waals surface area contributed by atoms with Crippen molar-refractivity contribution in [2.24, 2.45) is 0 Å². The van der Waals surface area contributed by atoms with Gasteiger partial charge in [0, 0.05) is 0 Å². The van der Waals surface area contributed by atoms with Gasteiger partial charge in [0.15, 0.2) is 0 Å². The maximum atomic E-state index is 7.29. The van der Waals surface area contributed by atoms with E-state index >= 15 is 0 Å². The van der Waals surface area contributed by atoms with Crippen LogP contribution in [-0.4, -0.2) is 24.2 Å². The van der Waals surface area contributed by atoms with Gasteiger partial charge in [-0.2, -0.15) is 24.2 Å². The molecule has 0 bridgehead atoms. The van der Waals surface area contributed by atoms with Crippen LogP contribution in [0.4, 0.5) is 0 Å². The van der Waals surface area contributed by atoms with Crippen LogP contribution in [0.1, 0.15) is 51.4 Å². The quantitative estimate of drug-likeness (QED) is 0.496. The normalized spacial score (nSPS) is 34.6. The molecule has 0 aliphatic heterocycles. The summed E-state index contributed by atoms with van der Waals surface area (Å²) in [6, 6.07) is -0.319. The molecule has 7 heteroatoms. The van der Waals surface area contributed by atoms with Gasteiger partial charge in [0.2, 0.25) is 0 Å². The van der Waals surface area contributed by atoms with E-state index in [0.717, 1.165) is 25.7 Å². The minimum absolute atomic E-state index is 0.0799. The van der Waals surface area contributed by atoms with E-state index in [9.17, 15) is 0 Å². The molecule has 2 saturated carbocycles. The fourth-order valence-electron chi connectivity index (χ4n) is 2.26. The van der Waals surface area contributed by atoms with Crippen molar-refractivity contribution in [3.8, 4) is 0 Å². The molecule has 0 aromatic heterocycles. The number of rotatable bonds is 0. The fraction of sp³-hybridized carbons (Fsp3) is 1.00. The van der Waals surface area contributed by atoms with Crippen molar-refractivity contribution in [3.63, 3.8) is 0 Å². The summed E-state index contributed by atoms with van der Waals surface area (Å²) in [5.41, 5.74) is 29.2. The summed E-state index contributed by atoms with van der Waals surface area (Å²) in [6.07, 6.45) is 8.49. The molecular formula is C12H24Cl2CoN4-4. The first-order valence-electron chi connectivity index (χ1n) is 6.71. The van der Waals surface area contributed by atoms with Crippen molar-refractivity contribution >= 4 is 20.3 Å². The summed E-state index contributed by atoms with van der Waals surface area (Å²) in [5.74, 6) is 0. The monoisotopic (exact) mass is 353 g/mol. The van der Waals surface area contributed by atoms with E-state index in [1.165, 1.54) is 25.7 Å². The Balaban J connectivity index is 0.000000284. The molecule has 2 aliphatic carbocycles. The Hall–Kier alpha value is 0.926. The van der Waals surface area contributed by atoms with E-state index in [2.05, 4.69) is 0 Å².